The number of rotatable bonds is 5. The Morgan fingerprint density at radius 3 is 2.22 bits per heavy atom. The second-order valence-corrected chi connectivity index (χ2v) is 7.95. The maximum absolute atomic E-state index is 13.9. The normalized spacial score (nSPS) is 19.5. The van der Waals surface area contributed by atoms with Crippen molar-refractivity contribution in [2.75, 3.05) is 6.54 Å². The summed E-state index contributed by atoms with van der Waals surface area (Å²) < 4.78 is 5.82. The van der Waals surface area contributed by atoms with Gasteiger partial charge in [-0.25, -0.2) is 4.79 Å². The van der Waals surface area contributed by atoms with Gasteiger partial charge in [0.05, 0.1) is 11.1 Å². The van der Waals surface area contributed by atoms with E-state index in [2.05, 4.69) is 0 Å². The minimum Gasteiger partial charge on any atom is -0.423 e. The van der Waals surface area contributed by atoms with E-state index in [0.717, 1.165) is 5.56 Å². The molecule has 0 aliphatic carbocycles. The lowest BCUT2D eigenvalue weighted by Gasteiger charge is -2.35. The van der Waals surface area contributed by atoms with Crippen molar-refractivity contribution >= 4 is 17.5 Å². The van der Waals surface area contributed by atoms with Crippen LogP contribution in [0, 0.1) is 0 Å². The highest BCUT2D eigenvalue weighted by atomic mass is 16.6. The summed E-state index contributed by atoms with van der Waals surface area (Å²) in [5.74, 6) is -1.41. The number of Topliss-reactive ketones (excluding diaryl/α,β-unsaturated/α-hetero) is 2. The van der Waals surface area contributed by atoms with E-state index in [1.807, 2.05) is 36.4 Å². The Balaban J connectivity index is 1.62. The first-order valence-corrected chi connectivity index (χ1v) is 10.5. The lowest BCUT2D eigenvalue weighted by Crippen LogP contribution is -2.48. The minimum atomic E-state index is -1.65. The molecule has 0 saturated carbocycles. The molecule has 5 nitrogen and oxygen atoms in total. The number of carbonyl (C=O) groups excluding carboxylic acids is 3. The predicted molar refractivity (Wildman–Crippen MR) is 119 cm³/mol. The van der Waals surface area contributed by atoms with E-state index in [4.69, 9.17) is 4.74 Å². The lowest BCUT2D eigenvalue weighted by atomic mass is 9.91. The monoisotopic (exact) mass is 423 g/mol. The molecule has 3 aromatic rings. The molecule has 3 aromatic carbocycles. The summed E-state index contributed by atoms with van der Waals surface area (Å²) in [5, 5.41) is 0. The average molecular weight is 423 g/mol. The van der Waals surface area contributed by atoms with Crippen molar-refractivity contribution in [1.29, 1.82) is 0 Å². The van der Waals surface area contributed by atoms with Crippen molar-refractivity contribution < 1.29 is 19.1 Å². The zero-order chi connectivity index (χ0) is 22.3. The summed E-state index contributed by atoms with van der Waals surface area (Å²) >= 11 is 0. The number of fused-ring (bicyclic) bond motifs is 2. The number of benzene rings is 3. The number of hydrogen-bond acceptors (Lipinski definition) is 5. The molecule has 32 heavy (non-hydrogen) atoms. The Hall–Kier alpha value is -3.99. The van der Waals surface area contributed by atoms with Gasteiger partial charge in [-0.3, -0.25) is 9.59 Å². The highest BCUT2D eigenvalue weighted by Gasteiger charge is 2.61. The standard InChI is InChI=1S/C27H21NO4/c1-18-23(24(29)20-12-6-3-7-13-20)25(30)27(22-15-9-8-14-21(22)26(31)32-27)28(18)17-16-19-10-4-2-5-11-19/h2-15H,16-17H2,1H3. The van der Waals surface area contributed by atoms with Crippen molar-refractivity contribution in [2.45, 2.75) is 19.1 Å². The third kappa shape index (κ3) is 2.89. The van der Waals surface area contributed by atoms with Gasteiger partial charge in [-0.2, -0.15) is 0 Å². The molecule has 5 rings (SSSR count). The molecular weight excluding hydrogens is 402 g/mol. The Bertz CT molecular complexity index is 1260. The van der Waals surface area contributed by atoms with Crippen molar-refractivity contribution in [3.63, 3.8) is 0 Å². The average Bonchev–Trinajstić information content (AvgIpc) is 3.24. The summed E-state index contributed by atoms with van der Waals surface area (Å²) in [4.78, 5) is 41.8. The molecule has 0 bridgehead atoms. The Morgan fingerprint density at radius 2 is 1.50 bits per heavy atom. The zero-order valence-corrected chi connectivity index (χ0v) is 17.6. The fraction of sp³-hybridized carbons (Fsp3) is 0.148. The van der Waals surface area contributed by atoms with Crippen LogP contribution in [0.4, 0.5) is 0 Å². The molecule has 0 N–H and O–H groups in total. The van der Waals surface area contributed by atoms with E-state index in [9.17, 15) is 14.4 Å². The Kier molecular flexibility index (Phi) is 4.74. The quantitative estimate of drug-likeness (QED) is 0.348. The predicted octanol–water partition coefficient (Wildman–Crippen LogP) is 4.29. The van der Waals surface area contributed by atoms with Gasteiger partial charge in [-0.1, -0.05) is 78.9 Å². The van der Waals surface area contributed by atoms with E-state index in [1.54, 1.807) is 60.4 Å². The van der Waals surface area contributed by atoms with Gasteiger partial charge in [0.1, 0.15) is 0 Å². The van der Waals surface area contributed by atoms with E-state index in [1.165, 1.54) is 0 Å². The van der Waals surface area contributed by atoms with E-state index >= 15 is 0 Å². The number of ether oxygens (including phenoxy) is 1. The van der Waals surface area contributed by atoms with E-state index in [0.29, 0.717) is 35.4 Å². The third-order valence-electron chi connectivity index (χ3n) is 6.16. The maximum Gasteiger partial charge on any atom is 0.341 e. The molecule has 2 aliphatic heterocycles. The SMILES string of the molecule is CC1=C(C(=O)c2ccccc2)C(=O)C2(OC(=O)c3ccccc32)N1CCc1ccccc1. The van der Waals surface area contributed by atoms with Gasteiger partial charge in [-0.05, 0) is 25.0 Å². The number of hydrogen-bond donors (Lipinski definition) is 0. The first kappa shape index (κ1) is 19.9. The van der Waals surface area contributed by atoms with Crippen LogP contribution in [-0.2, 0) is 21.7 Å². The molecule has 0 saturated heterocycles. The van der Waals surface area contributed by atoms with E-state index < -0.39 is 17.5 Å². The van der Waals surface area contributed by atoms with Crippen molar-refractivity contribution in [3.05, 3.63) is 118 Å². The first-order valence-electron chi connectivity index (χ1n) is 10.5. The summed E-state index contributed by atoms with van der Waals surface area (Å²) in [7, 11) is 0. The summed E-state index contributed by atoms with van der Waals surface area (Å²) in [5.41, 5.74) is 1.28. The number of nitrogens with zero attached hydrogens (tertiary/aromatic N) is 1. The largest absolute Gasteiger partial charge is 0.423 e. The summed E-state index contributed by atoms with van der Waals surface area (Å²) in [6.45, 7) is 2.16. The molecule has 0 aromatic heterocycles. The first-order chi connectivity index (χ1) is 15.5. The highest BCUT2D eigenvalue weighted by molar-refractivity contribution is 6.31. The van der Waals surface area contributed by atoms with Gasteiger partial charge in [0.15, 0.2) is 5.78 Å². The van der Waals surface area contributed by atoms with Crippen LogP contribution >= 0.6 is 0 Å². The Morgan fingerprint density at radius 1 is 0.875 bits per heavy atom. The number of carbonyl (C=O) groups is 3. The van der Waals surface area contributed by atoms with Crippen molar-refractivity contribution in [2.24, 2.45) is 0 Å². The number of ketones is 2. The van der Waals surface area contributed by atoms with Crippen LogP contribution in [0.15, 0.2) is 96.2 Å². The fourth-order valence-electron chi connectivity index (χ4n) is 4.61. The highest BCUT2D eigenvalue weighted by Crippen LogP contribution is 2.48. The minimum absolute atomic E-state index is 0.0637. The topological polar surface area (TPSA) is 63.7 Å². The zero-order valence-electron chi connectivity index (χ0n) is 17.6. The van der Waals surface area contributed by atoms with Gasteiger partial charge in [-0.15, -0.1) is 0 Å². The van der Waals surface area contributed by atoms with Gasteiger partial charge >= 0.3 is 5.97 Å². The second-order valence-electron chi connectivity index (χ2n) is 7.95. The molecular formula is C27H21NO4. The van der Waals surface area contributed by atoms with E-state index in [-0.39, 0.29) is 11.4 Å². The molecule has 2 aliphatic rings. The molecule has 1 unspecified atom stereocenters. The second kappa shape index (κ2) is 7.61. The van der Waals surface area contributed by atoms with Crippen LogP contribution < -0.4 is 0 Å². The van der Waals surface area contributed by atoms with Crippen LogP contribution in [0.1, 0.15) is 38.8 Å². The van der Waals surface area contributed by atoms with Gasteiger partial charge < -0.3 is 9.64 Å². The van der Waals surface area contributed by atoms with Gasteiger partial charge in [0.25, 0.3) is 5.72 Å². The molecule has 0 fully saturated rings. The smallest absolute Gasteiger partial charge is 0.341 e. The van der Waals surface area contributed by atoms with Crippen LogP contribution in [0.3, 0.4) is 0 Å². The van der Waals surface area contributed by atoms with Crippen LogP contribution in [0.5, 0.6) is 0 Å². The van der Waals surface area contributed by atoms with Crippen molar-refractivity contribution in [3.8, 4) is 0 Å². The molecule has 1 spiro atoms. The van der Waals surface area contributed by atoms with Crippen LogP contribution in [0.25, 0.3) is 0 Å². The summed E-state index contributed by atoms with van der Waals surface area (Å²) in [6.07, 6.45) is 0.625. The molecule has 0 amide bonds. The van der Waals surface area contributed by atoms with Crippen LogP contribution in [0.2, 0.25) is 0 Å². The molecule has 158 valence electrons. The molecule has 2 heterocycles. The van der Waals surface area contributed by atoms with Gasteiger partial charge in [0, 0.05) is 23.4 Å². The maximum atomic E-state index is 13.9. The number of esters is 1. The summed E-state index contributed by atoms with van der Waals surface area (Å²) in [6, 6.07) is 25.5. The van der Waals surface area contributed by atoms with Crippen LogP contribution in [-0.4, -0.2) is 29.0 Å². The van der Waals surface area contributed by atoms with Gasteiger partial charge in [0.2, 0.25) is 5.78 Å². The molecule has 0 radical (unpaired) electrons. The molecule has 1 atom stereocenters. The molecule has 5 heteroatoms. The van der Waals surface area contributed by atoms with Crippen molar-refractivity contribution in [1.82, 2.24) is 4.90 Å². The fourth-order valence-corrected chi connectivity index (χ4v) is 4.61. The Labute approximate surface area is 185 Å². The lowest BCUT2D eigenvalue weighted by molar-refractivity contribution is -0.148. The number of allylic oxidation sites excluding steroid dienone is 1. The third-order valence-corrected chi connectivity index (χ3v) is 6.16.